The Balaban J connectivity index is 1.79. The molecule has 0 radical (unpaired) electrons. The number of hydrogen-bond donors (Lipinski definition) is 1. The smallest absolute Gasteiger partial charge is 0.277 e. The van der Waals surface area contributed by atoms with Gasteiger partial charge in [0.1, 0.15) is 5.69 Å². The van der Waals surface area contributed by atoms with Gasteiger partial charge in [-0.15, -0.1) is 11.3 Å². The summed E-state index contributed by atoms with van der Waals surface area (Å²) >= 11 is 1.39. The zero-order valence-corrected chi connectivity index (χ0v) is 13.9. The average molecular weight is 324 g/mol. The maximum Gasteiger partial charge on any atom is 0.277 e. The number of hydrogen-bond acceptors (Lipinski definition) is 5. The van der Waals surface area contributed by atoms with E-state index >= 15 is 0 Å². The van der Waals surface area contributed by atoms with E-state index in [-0.39, 0.29) is 11.6 Å². The van der Waals surface area contributed by atoms with Gasteiger partial charge in [-0.1, -0.05) is 23.8 Å². The molecule has 3 aromatic rings. The van der Waals surface area contributed by atoms with Crippen molar-refractivity contribution in [3.63, 3.8) is 0 Å². The third kappa shape index (κ3) is 3.43. The lowest BCUT2D eigenvalue weighted by Crippen LogP contribution is -2.14. The first-order valence-corrected chi connectivity index (χ1v) is 8.04. The highest BCUT2D eigenvalue weighted by Gasteiger charge is 2.12. The van der Waals surface area contributed by atoms with Crippen LogP contribution in [0.25, 0.3) is 11.3 Å². The average Bonchev–Trinajstić information content (AvgIpc) is 2.96. The van der Waals surface area contributed by atoms with Crippen LogP contribution in [0, 0.1) is 20.8 Å². The fourth-order valence-electron chi connectivity index (χ4n) is 2.23. The van der Waals surface area contributed by atoms with Crippen LogP contribution in [0.2, 0.25) is 0 Å². The summed E-state index contributed by atoms with van der Waals surface area (Å²) in [6.07, 6.45) is 3.03. The lowest BCUT2D eigenvalue weighted by molar-refractivity contribution is 0.102. The number of thiazole rings is 1. The standard InChI is InChI=1S/C17H16N4OS/c1-10-4-5-13(11(2)6-10)15-9-23-17(20-15)21-16(22)14-8-18-12(3)7-19-14/h4-9H,1-3H3,(H,20,21,22). The summed E-state index contributed by atoms with van der Waals surface area (Å²) in [4.78, 5) is 24.8. The minimum Gasteiger partial charge on any atom is -0.296 e. The molecule has 3 rings (SSSR count). The van der Waals surface area contributed by atoms with Crippen molar-refractivity contribution < 1.29 is 4.79 Å². The molecular formula is C17H16N4OS. The van der Waals surface area contributed by atoms with Crippen LogP contribution in [-0.2, 0) is 0 Å². The number of nitrogens with zero attached hydrogens (tertiary/aromatic N) is 3. The Labute approximate surface area is 138 Å². The largest absolute Gasteiger partial charge is 0.296 e. The van der Waals surface area contributed by atoms with E-state index in [0.29, 0.717) is 5.13 Å². The van der Waals surface area contributed by atoms with Crippen LogP contribution in [-0.4, -0.2) is 20.9 Å². The number of aryl methyl sites for hydroxylation is 3. The quantitative estimate of drug-likeness (QED) is 0.796. The minimum absolute atomic E-state index is 0.277. The number of rotatable bonds is 3. The van der Waals surface area contributed by atoms with E-state index in [2.05, 4.69) is 52.3 Å². The summed E-state index contributed by atoms with van der Waals surface area (Å²) in [5.74, 6) is -0.306. The van der Waals surface area contributed by atoms with E-state index in [4.69, 9.17) is 0 Å². The number of carbonyl (C=O) groups excluding carboxylic acids is 1. The number of benzene rings is 1. The van der Waals surface area contributed by atoms with Gasteiger partial charge in [-0.3, -0.25) is 15.1 Å². The van der Waals surface area contributed by atoms with Gasteiger partial charge < -0.3 is 0 Å². The molecule has 0 atom stereocenters. The minimum atomic E-state index is -0.306. The van der Waals surface area contributed by atoms with Gasteiger partial charge in [0.15, 0.2) is 5.13 Å². The first-order valence-electron chi connectivity index (χ1n) is 7.16. The molecule has 0 aliphatic rings. The third-order valence-corrected chi connectivity index (χ3v) is 4.15. The third-order valence-electron chi connectivity index (χ3n) is 3.40. The molecule has 0 aliphatic carbocycles. The molecule has 0 aliphatic heterocycles. The van der Waals surface area contributed by atoms with Crippen molar-refractivity contribution in [3.8, 4) is 11.3 Å². The molecule has 2 heterocycles. The van der Waals surface area contributed by atoms with Crippen LogP contribution in [0.4, 0.5) is 5.13 Å². The number of carbonyl (C=O) groups is 1. The fourth-order valence-corrected chi connectivity index (χ4v) is 2.93. The molecule has 0 saturated heterocycles. The molecule has 2 aromatic heterocycles. The van der Waals surface area contributed by atoms with E-state index in [0.717, 1.165) is 22.5 Å². The lowest BCUT2D eigenvalue weighted by atomic mass is 10.0. The van der Waals surface area contributed by atoms with E-state index in [1.807, 2.05) is 12.3 Å². The number of amides is 1. The highest BCUT2D eigenvalue weighted by atomic mass is 32.1. The van der Waals surface area contributed by atoms with Crippen LogP contribution >= 0.6 is 11.3 Å². The second-order valence-corrected chi connectivity index (χ2v) is 6.21. The van der Waals surface area contributed by atoms with Crippen molar-refractivity contribution in [1.29, 1.82) is 0 Å². The van der Waals surface area contributed by atoms with Crippen molar-refractivity contribution in [2.24, 2.45) is 0 Å². The summed E-state index contributed by atoms with van der Waals surface area (Å²) in [5.41, 5.74) is 5.36. The normalized spacial score (nSPS) is 10.6. The Morgan fingerprint density at radius 1 is 1.13 bits per heavy atom. The number of aromatic nitrogens is 3. The molecule has 0 spiro atoms. The molecule has 0 bridgehead atoms. The number of nitrogens with one attached hydrogen (secondary N) is 1. The van der Waals surface area contributed by atoms with Crippen molar-refractivity contribution in [2.45, 2.75) is 20.8 Å². The van der Waals surface area contributed by atoms with Gasteiger partial charge in [0.2, 0.25) is 0 Å². The zero-order chi connectivity index (χ0) is 16.4. The van der Waals surface area contributed by atoms with Gasteiger partial charge in [-0.2, -0.15) is 0 Å². The fraction of sp³-hybridized carbons (Fsp3) is 0.176. The Morgan fingerprint density at radius 3 is 2.65 bits per heavy atom. The van der Waals surface area contributed by atoms with E-state index < -0.39 is 0 Å². The molecule has 23 heavy (non-hydrogen) atoms. The Hall–Kier alpha value is -2.60. The van der Waals surface area contributed by atoms with Crippen molar-refractivity contribution >= 4 is 22.4 Å². The predicted octanol–water partition coefficient (Wildman–Crippen LogP) is 3.78. The summed E-state index contributed by atoms with van der Waals surface area (Å²) in [6, 6.07) is 6.23. The second kappa shape index (κ2) is 6.26. The summed E-state index contributed by atoms with van der Waals surface area (Å²) < 4.78 is 0. The highest BCUT2D eigenvalue weighted by Crippen LogP contribution is 2.28. The summed E-state index contributed by atoms with van der Waals surface area (Å²) in [7, 11) is 0. The molecule has 1 amide bonds. The first kappa shape index (κ1) is 15.3. The van der Waals surface area contributed by atoms with Crippen molar-refractivity contribution in [2.75, 3.05) is 5.32 Å². The van der Waals surface area contributed by atoms with E-state index in [1.165, 1.54) is 23.1 Å². The zero-order valence-electron chi connectivity index (χ0n) is 13.1. The van der Waals surface area contributed by atoms with Crippen LogP contribution in [0.1, 0.15) is 27.3 Å². The van der Waals surface area contributed by atoms with Gasteiger partial charge in [0, 0.05) is 17.1 Å². The molecule has 5 nitrogen and oxygen atoms in total. The van der Waals surface area contributed by atoms with Gasteiger partial charge in [0.25, 0.3) is 5.91 Å². The molecule has 1 aromatic carbocycles. The van der Waals surface area contributed by atoms with Crippen LogP contribution < -0.4 is 5.32 Å². The van der Waals surface area contributed by atoms with Crippen LogP contribution in [0.3, 0.4) is 0 Å². The first-order chi connectivity index (χ1) is 11.0. The summed E-state index contributed by atoms with van der Waals surface area (Å²) in [6.45, 7) is 5.94. The van der Waals surface area contributed by atoms with Gasteiger partial charge in [-0.05, 0) is 26.3 Å². The van der Waals surface area contributed by atoms with Crippen LogP contribution in [0.5, 0.6) is 0 Å². The molecule has 0 fully saturated rings. The molecule has 1 N–H and O–H groups in total. The highest BCUT2D eigenvalue weighted by molar-refractivity contribution is 7.14. The van der Waals surface area contributed by atoms with Gasteiger partial charge >= 0.3 is 0 Å². The Morgan fingerprint density at radius 2 is 1.96 bits per heavy atom. The predicted molar refractivity (Wildman–Crippen MR) is 91.7 cm³/mol. The van der Waals surface area contributed by atoms with Gasteiger partial charge in [-0.25, -0.2) is 9.97 Å². The molecule has 0 saturated carbocycles. The number of anilines is 1. The maximum absolute atomic E-state index is 12.1. The lowest BCUT2D eigenvalue weighted by Gasteiger charge is -2.04. The molecule has 6 heteroatoms. The van der Waals surface area contributed by atoms with E-state index in [9.17, 15) is 4.79 Å². The monoisotopic (exact) mass is 324 g/mol. The van der Waals surface area contributed by atoms with Crippen LogP contribution in [0.15, 0.2) is 36.0 Å². The molecule has 116 valence electrons. The Bertz CT molecular complexity index is 855. The van der Waals surface area contributed by atoms with Crippen molar-refractivity contribution in [3.05, 3.63) is 58.5 Å². The van der Waals surface area contributed by atoms with E-state index in [1.54, 1.807) is 6.20 Å². The topological polar surface area (TPSA) is 67.8 Å². The van der Waals surface area contributed by atoms with Gasteiger partial charge in [0.05, 0.1) is 17.6 Å². The van der Waals surface area contributed by atoms with Crippen molar-refractivity contribution in [1.82, 2.24) is 15.0 Å². The molecule has 0 unspecified atom stereocenters. The summed E-state index contributed by atoms with van der Waals surface area (Å²) in [5, 5.41) is 5.25. The Kier molecular flexibility index (Phi) is 4.16. The second-order valence-electron chi connectivity index (χ2n) is 5.35. The maximum atomic E-state index is 12.1. The SMILES string of the molecule is Cc1ccc(-c2csc(NC(=O)c3cnc(C)cn3)n2)c(C)c1. The molecular weight excluding hydrogens is 308 g/mol.